The highest BCUT2D eigenvalue weighted by atomic mass is 32.2. The topological polar surface area (TPSA) is 81.2 Å². The molecule has 8 heteroatoms. The monoisotopic (exact) mass is 327 g/mol. The Balaban J connectivity index is 1.99. The van der Waals surface area contributed by atoms with Crippen molar-refractivity contribution < 1.29 is 13.2 Å². The number of sulfone groups is 1. The van der Waals surface area contributed by atoms with Crippen LogP contribution in [-0.2, 0) is 16.4 Å². The molecule has 0 amide bonds. The zero-order chi connectivity index (χ0) is 15.3. The molecule has 0 radical (unpaired) electrons. The molecule has 0 aliphatic heterocycles. The number of nitrogens with zero attached hydrogens (tertiary/aromatic N) is 2. The van der Waals surface area contributed by atoms with Crippen molar-refractivity contribution in [2.24, 2.45) is 0 Å². The van der Waals surface area contributed by atoms with E-state index in [-0.39, 0.29) is 4.90 Å². The van der Waals surface area contributed by atoms with Gasteiger partial charge in [0.15, 0.2) is 9.84 Å². The van der Waals surface area contributed by atoms with Crippen LogP contribution in [0.4, 0.5) is 5.00 Å². The van der Waals surface area contributed by atoms with Gasteiger partial charge < -0.3 is 10.1 Å². The molecule has 0 saturated heterocycles. The third-order valence-corrected chi connectivity index (χ3v) is 4.57. The maximum absolute atomic E-state index is 11.4. The third kappa shape index (κ3) is 4.40. The van der Waals surface area contributed by atoms with Gasteiger partial charge in [0.1, 0.15) is 23.1 Å². The van der Waals surface area contributed by atoms with Gasteiger partial charge in [-0.3, -0.25) is 0 Å². The fourth-order valence-electron chi connectivity index (χ4n) is 1.61. The Morgan fingerprint density at radius 2 is 2.00 bits per heavy atom. The molecule has 2 rings (SSSR count). The molecule has 21 heavy (non-hydrogen) atoms. The average molecular weight is 327 g/mol. The fourth-order valence-corrected chi connectivity index (χ4v) is 2.83. The Kier molecular flexibility index (Phi) is 5.13. The zero-order valence-corrected chi connectivity index (χ0v) is 13.5. The van der Waals surface area contributed by atoms with E-state index in [0.717, 1.165) is 23.7 Å². The third-order valence-electron chi connectivity index (χ3n) is 2.72. The standard InChI is InChI=1S/C13H17N3O3S2/c1-3-8-14-13-12(15-16-20-13)9-19-10-4-6-11(7-5-10)21(2,17)18/h4-7,14H,3,8-9H2,1-2H3. The Bertz CT molecular complexity index is 681. The maximum atomic E-state index is 11.4. The normalized spacial score (nSPS) is 11.3. The number of ether oxygens (including phenoxy) is 1. The molecule has 0 fully saturated rings. The van der Waals surface area contributed by atoms with E-state index >= 15 is 0 Å². The summed E-state index contributed by atoms with van der Waals surface area (Å²) in [5, 5.41) is 8.18. The van der Waals surface area contributed by atoms with Crippen molar-refractivity contribution in [1.29, 1.82) is 0 Å². The van der Waals surface area contributed by atoms with Crippen molar-refractivity contribution in [3.8, 4) is 5.75 Å². The summed E-state index contributed by atoms with van der Waals surface area (Å²) >= 11 is 1.30. The van der Waals surface area contributed by atoms with Gasteiger partial charge in [-0.25, -0.2) is 8.42 Å². The van der Waals surface area contributed by atoms with Crippen LogP contribution in [0.1, 0.15) is 19.0 Å². The van der Waals surface area contributed by atoms with Gasteiger partial charge in [-0.2, -0.15) is 0 Å². The summed E-state index contributed by atoms with van der Waals surface area (Å²) < 4.78 is 32.2. The molecule has 0 saturated carbocycles. The molecule has 0 spiro atoms. The van der Waals surface area contributed by atoms with Crippen molar-refractivity contribution in [1.82, 2.24) is 9.59 Å². The number of anilines is 1. The van der Waals surface area contributed by atoms with Gasteiger partial charge in [-0.05, 0) is 30.7 Å². The first-order chi connectivity index (χ1) is 10.0. The van der Waals surface area contributed by atoms with Gasteiger partial charge in [-0.1, -0.05) is 11.4 Å². The predicted octanol–water partition coefficient (Wildman–Crippen LogP) is 2.34. The van der Waals surface area contributed by atoms with E-state index in [2.05, 4.69) is 21.8 Å². The number of nitrogens with one attached hydrogen (secondary N) is 1. The maximum Gasteiger partial charge on any atom is 0.175 e. The molecule has 0 aliphatic rings. The first-order valence-corrected chi connectivity index (χ1v) is 9.15. The minimum absolute atomic E-state index is 0.274. The second kappa shape index (κ2) is 6.86. The van der Waals surface area contributed by atoms with Gasteiger partial charge in [0.2, 0.25) is 0 Å². The molecular weight excluding hydrogens is 310 g/mol. The molecule has 0 unspecified atom stereocenters. The summed E-state index contributed by atoms with van der Waals surface area (Å²) in [4.78, 5) is 0.274. The largest absolute Gasteiger partial charge is 0.487 e. The Morgan fingerprint density at radius 1 is 1.29 bits per heavy atom. The highest BCUT2D eigenvalue weighted by Crippen LogP contribution is 2.21. The molecule has 1 aromatic heterocycles. The second-order valence-electron chi connectivity index (χ2n) is 4.51. The van der Waals surface area contributed by atoms with Crippen LogP contribution in [0, 0.1) is 0 Å². The van der Waals surface area contributed by atoms with Crippen LogP contribution >= 0.6 is 11.5 Å². The number of aromatic nitrogens is 2. The summed E-state index contributed by atoms with van der Waals surface area (Å²) in [6.45, 7) is 3.24. The molecule has 0 bridgehead atoms. The molecular formula is C13H17N3O3S2. The van der Waals surface area contributed by atoms with Crippen molar-refractivity contribution in [2.45, 2.75) is 24.8 Å². The van der Waals surface area contributed by atoms with Gasteiger partial charge in [0, 0.05) is 24.3 Å². The lowest BCUT2D eigenvalue weighted by molar-refractivity contribution is 0.301. The van der Waals surface area contributed by atoms with E-state index in [1.54, 1.807) is 12.1 Å². The Morgan fingerprint density at radius 3 is 2.62 bits per heavy atom. The van der Waals surface area contributed by atoms with E-state index in [9.17, 15) is 8.42 Å². The smallest absolute Gasteiger partial charge is 0.175 e. The minimum Gasteiger partial charge on any atom is -0.487 e. The number of benzene rings is 1. The fraction of sp³-hybridized carbons (Fsp3) is 0.385. The van der Waals surface area contributed by atoms with Gasteiger partial charge in [0.05, 0.1) is 4.90 Å². The van der Waals surface area contributed by atoms with Gasteiger partial charge in [0.25, 0.3) is 0 Å². The number of hydrogen-bond acceptors (Lipinski definition) is 7. The molecule has 1 heterocycles. The van der Waals surface area contributed by atoms with Crippen LogP contribution in [0.15, 0.2) is 29.2 Å². The Hall–Kier alpha value is -1.67. The van der Waals surface area contributed by atoms with E-state index in [1.807, 2.05) is 0 Å². The second-order valence-corrected chi connectivity index (χ2v) is 7.28. The van der Waals surface area contributed by atoms with Crippen LogP contribution in [-0.4, -0.2) is 30.8 Å². The average Bonchev–Trinajstić information content (AvgIpc) is 2.90. The van der Waals surface area contributed by atoms with Crippen LogP contribution in [0.3, 0.4) is 0 Å². The van der Waals surface area contributed by atoms with Gasteiger partial charge >= 0.3 is 0 Å². The molecule has 6 nitrogen and oxygen atoms in total. The lowest BCUT2D eigenvalue weighted by Gasteiger charge is -2.07. The molecule has 114 valence electrons. The lowest BCUT2D eigenvalue weighted by atomic mass is 10.3. The van der Waals surface area contributed by atoms with E-state index in [4.69, 9.17) is 4.74 Å². The van der Waals surface area contributed by atoms with Crippen LogP contribution in [0.25, 0.3) is 0 Å². The first-order valence-electron chi connectivity index (χ1n) is 6.48. The number of rotatable bonds is 7. The van der Waals surface area contributed by atoms with Crippen molar-refractivity contribution in [3.63, 3.8) is 0 Å². The van der Waals surface area contributed by atoms with Crippen molar-refractivity contribution >= 4 is 26.4 Å². The molecule has 0 atom stereocenters. The van der Waals surface area contributed by atoms with Crippen molar-refractivity contribution in [3.05, 3.63) is 30.0 Å². The Labute approximate surface area is 128 Å². The molecule has 1 N–H and O–H groups in total. The highest BCUT2D eigenvalue weighted by molar-refractivity contribution is 7.90. The van der Waals surface area contributed by atoms with Crippen molar-refractivity contribution in [2.75, 3.05) is 18.1 Å². The lowest BCUT2D eigenvalue weighted by Crippen LogP contribution is -2.04. The SMILES string of the molecule is CCCNc1snnc1COc1ccc(S(C)(=O)=O)cc1. The van der Waals surface area contributed by atoms with Crippen LogP contribution in [0.2, 0.25) is 0 Å². The summed E-state index contributed by atoms with van der Waals surface area (Å²) in [7, 11) is -3.18. The first kappa shape index (κ1) is 15.7. The number of hydrogen-bond donors (Lipinski definition) is 1. The van der Waals surface area contributed by atoms with E-state index < -0.39 is 9.84 Å². The predicted molar refractivity (Wildman–Crippen MR) is 82.6 cm³/mol. The zero-order valence-electron chi connectivity index (χ0n) is 11.9. The highest BCUT2D eigenvalue weighted by Gasteiger charge is 2.09. The minimum atomic E-state index is -3.18. The molecule has 2 aromatic rings. The summed E-state index contributed by atoms with van der Waals surface area (Å²) in [6.07, 6.45) is 2.20. The summed E-state index contributed by atoms with van der Waals surface area (Å²) in [5.41, 5.74) is 0.751. The quantitative estimate of drug-likeness (QED) is 0.840. The summed E-state index contributed by atoms with van der Waals surface area (Å²) in [6, 6.07) is 6.32. The van der Waals surface area contributed by atoms with E-state index in [0.29, 0.717) is 12.4 Å². The van der Waals surface area contributed by atoms with Gasteiger partial charge in [-0.15, -0.1) is 5.10 Å². The van der Waals surface area contributed by atoms with Crippen LogP contribution < -0.4 is 10.1 Å². The van der Waals surface area contributed by atoms with Crippen LogP contribution in [0.5, 0.6) is 5.75 Å². The van der Waals surface area contributed by atoms with E-state index in [1.165, 1.54) is 29.9 Å². The summed E-state index contributed by atoms with van der Waals surface area (Å²) in [5.74, 6) is 0.594. The molecule has 1 aromatic carbocycles. The molecule has 0 aliphatic carbocycles.